The van der Waals surface area contributed by atoms with Gasteiger partial charge in [-0.05, 0) is 54.3 Å². The molecule has 188 valence electrons. The van der Waals surface area contributed by atoms with Gasteiger partial charge in [-0.2, -0.15) is 0 Å². The van der Waals surface area contributed by atoms with E-state index in [-0.39, 0.29) is 25.2 Å². The summed E-state index contributed by atoms with van der Waals surface area (Å²) in [6, 6.07) is 12.2. The van der Waals surface area contributed by atoms with Gasteiger partial charge in [-0.1, -0.05) is 19.9 Å². The van der Waals surface area contributed by atoms with Crippen molar-refractivity contribution in [3.05, 3.63) is 53.8 Å². The van der Waals surface area contributed by atoms with Crippen molar-refractivity contribution >= 4 is 17.5 Å². The van der Waals surface area contributed by atoms with Crippen molar-refractivity contribution in [1.82, 2.24) is 15.5 Å². The van der Waals surface area contributed by atoms with Crippen LogP contribution < -0.4 is 25.0 Å². The Kier molecular flexibility index (Phi) is 8.07. The van der Waals surface area contributed by atoms with Crippen LogP contribution in [0.3, 0.4) is 0 Å². The Labute approximate surface area is 205 Å². The smallest absolute Gasteiger partial charge is 0.309 e. The number of carbonyl (C=O) groups is 2. The zero-order valence-corrected chi connectivity index (χ0v) is 20.3. The lowest BCUT2D eigenvalue weighted by Crippen LogP contribution is -2.51. The molecule has 0 saturated carbocycles. The molecule has 0 aromatic heterocycles. The molecule has 2 aliphatic rings. The maximum Gasteiger partial charge on any atom is 0.309 e. The van der Waals surface area contributed by atoms with Gasteiger partial charge in [-0.3, -0.25) is 14.5 Å². The van der Waals surface area contributed by atoms with E-state index in [1.165, 1.54) is 12.1 Å². The standard InChI is InChI=1S/C26H33FN4O4/c1-18(2)9-10-28-25(32)26(33)29-16-22(19-3-8-23-24(15-19)35-17-34-23)31-13-11-30(12-14-31)21-6-4-20(27)5-7-21/h3-8,15,18,22H,9-14,16-17H2,1-2H3,(H,28,32)(H,29,33). The third-order valence-electron chi connectivity index (χ3n) is 6.40. The monoisotopic (exact) mass is 484 g/mol. The number of anilines is 1. The van der Waals surface area contributed by atoms with Gasteiger partial charge in [0.25, 0.3) is 0 Å². The van der Waals surface area contributed by atoms with E-state index < -0.39 is 11.8 Å². The fraction of sp³-hybridized carbons (Fsp3) is 0.462. The molecule has 1 unspecified atom stereocenters. The van der Waals surface area contributed by atoms with Crippen LogP contribution >= 0.6 is 0 Å². The van der Waals surface area contributed by atoms with Crippen molar-refractivity contribution in [2.24, 2.45) is 5.92 Å². The maximum absolute atomic E-state index is 13.3. The molecule has 9 heteroatoms. The summed E-state index contributed by atoms with van der Waals surface area (Å²) in [5.74, 6) is 0.319. The molecule has 2 aliphatic heterocycles. The van der Waals surface area contributed by atoms with Crippen LogP contribution in [-0.2, 0) is 9.59 Å². The number of halogens is 1. The molecule has 8 nitrogen and oxygen atoms in total. The summed E-state index contributed by atoms with van der Waals surface area (Å²) < 4.78 is 24.3. The lowest BCUT2D eigenvalue weighted by molar-refractivity contribution is -0.139. The Morgan fingerprint density at radius 1 is 0.943 bits per heavy atom. The van der Waals surface area contributed by atoms with E-state index in [0.717, 1.165) is 43.9 Å². The van der Waals surface area contributed by atoms with Crippen LogP contribution in [0.25, 0.3) is 0 Å². The van der Waals surface area contributed by atoms with Gasteiger partial charge in [0.15, 0.2) is 11.5 Å². The number of piperazine rings is 1. The molecule has 2 amide bonds. The van der Waals surface area contributed by atoms with Gasteiger partial charge in [-0.25, -0.2) is 4.39 Å². The van der Waals surface area contributed by atoms with Crippen LogP contribution in [-0.4, -0.2) is 62.8 Å². The van der Waals surface area contributed by atoms with E-state index in [1.54, 1.807) is 12.1 Å². The van der Waals surface area contributed by atoms with E-state index in [0.29, 0.717) is 24.0 Å². The van der Waals surface area contributed by atoms with Crippen molar-refractivity contribution in [2.45, 2.75) is 26.3 Å². The Bertz CT molecular complexity index is 1020. The summed E-state index contributed by atoms with van der Waals surface area (Å²) in [6.07, 6.45) is 0.817. The lowest BCUT2D eigenvalue weighted by atomic mass is 10.0. The molecule has 2 aromatic rings. The minimum atomic E-state index is -0.635. The number of benzene rings is 2. The maximum atomic E-state index is 13.3. The van der Waals surface area contributed by atoms with Gasteiger partial charge in [-0.15, -0.1) is 0 Å². The van der Waals surface area contributed by atoms with Gasteiger partial charge in [0.05, 0.1) is 6.04 Å². The quantitative estimate of drug-likeness (QED) is 0.561. The lowest BCUT2D eigenvalue weighted by Gasteiger charge is -2.40. The van der Waals surface area contributed by atoms with E-state index in [9.17, 15) is 14.0 Å². The number of ether oxygens (including phenoxy) is 2. The number of hydrogen-bond donors (Lipinski definition) is 2. The molecule has 35 heavy (non-hydrogen) atoms. The number of nitrogens with zero attached hydrogens (tertiary/aromatic N) is 2. The van der Waals surface area contributed by atoms with E-state index in [2.05, 4.69) is 34.3 Å². The highest BCUT2D eigenvalue weighted by Gasteiger charge is 2.28. The normalized spacial score (nSPS) is 16.3. The van der Waals surface area contributed by atoms with Crippen molar-refractivity contribution in [3.8, 4) is 11.5 Å². The van der Waals surface area contributed by atoms with Crippen molar-refractivity contribution in [2.75, 3.05) is 51.0 Å². The first-order valence-electron chi connectivity index (χ1n) is 12.1. The second-order valence-corrected chi connectivity index (χ2v) is 9.28. The predicted octanol–water partition coefficient (Wildman–Crippen LogP) is 2.70. The number of rotatable bonds is 8. The molecular formula is C26H33FN4O4. The fourth-order valence-corrected chi connectivity index (χ4v) is 4.35. The summed E-state index contributed by atoms with van der Waals surface area (Å²) in [6.45, 7) is 8.09. The summed E-state index contributed by atoms with van der Waals surface area (Å²) >= 11 is 0. The number of hydrogen-bond acceptors (Lipinski definition) is 6. The number of fused-ring (bicyclic) bond motifs is 1. The minimum absolute atomic E-state index is 0.146. The minimum Gasteiger partial charge on any atom is -0.454 e. The third kappa shape index (κ3) is 6.42. The first kappa shape index (κ1) is 24.8. The SMILES string of the molecule is CC(C)CCNC(=O)C(=O)NCC(c1ccc2c(c1)OCO2)N1CCN(c2ccc(F)cc2)CC1. The Morgan fingerprint density at radius 3 is 2.34 bits per heavy atom. The fourth-order valence-electron chi connectivity index (χ4n) is 4.35. The molecule has 2 N–H and O–H groups in total. The topological polar surface area (TPSA) is 83.1 Å². The van der Waals surface area contributed by atoms with E-state index >= 15 is 0 Å². The molecule has 0 aliphatic carbocycles. The van der Waals surface area contributed by atoms with Gasteiger partial charge >= 0.3 is 11.8 Å². The largest absolute Gasteiger partial charge is 0.454 e. The molecule has 4 rings (SSSR count). The highest BCUT2D eigenvalue weighted by atomic mass is 19.1. The highest BCUT2D eigenvalue weighted by Crippen LogP contribution is 2.35. The Balaban J connectivity index is 1.42. The summed E-state index contributed by atoms with van der Waals surface area (Å²) in [5.41, 5.74) is 1.96. The number of amides is 2. The average molecular weight is 485 g/mol. The predicted molar refractivity (Wildman–Crippen MR) is 131 cm³/mol. The molecule has 1 fully saturated rings. The summed E-state index contributed by atoms with van der Waals surface area (Å²) in [7, 11) is 0. The van der Waals surface area contributed by atoms with E-state index in [1.807, 2.05) is 18.2 Å². The van der Waals surface area contributed by atoms with Crippen LogP contribution in [0.5, 0.6) is 11.5 Å². The molecule has 2 heterocycles. The first-order chi connectivity index (χ1) is 16.9. The van der Waals surface area contributed by atoms with Crippen LogP contribution in [0.15, 0.2) is 42.5 Å². The second kappa shape index (κ2) is 11.4. The summed E-state index contributed by atoms with van der Waals surface area (Å²) in [5, 5.41) is 5.50. The van der Waals surface area contributed by atoms with Crippen molar-refractivity contribution < 1.29 is 23.5 Å². The zero-order chi connectivity index (χ0) is 24.8. The van der Waals surface area contributed by atoms with Crippen molar-refractivity contribution in [1.29, 1.82) is 0 Å². The Hall–Kier alpha value is -3.33. The molecule has 0 spiro atoms. The second-order valence-electron chi connectivity index (χ2n) is 9.28. The average Bonchev–Trinajstić information content (AvgIpc) is 3.33. The van der Waals surface area contributed by atoms with Crippen LogP contribution in [0, 0.1) is 11.7 Å². The molecule has 1 saturated heterocycles. The van der Waals surface area contributed by atoms with E-state index in [4.69, 9.17) is 9.47 Å². The highest BCUT2D eigenvalue weighted by molar-refractivity contribution is 6.35. The van der Waals surface area contributed by atoms with Crippen LogP contribution in [0.4, 0.5) is 10.1 Å². The summed E-state index contributed by atoms with van der Waals surface area (Å²) in [4.78, 5) is 29.2. The Morgan fingerprint density at radius 2 is 1.63 bits per heavy atom. The van der Waals surface area contributed by atoms with Crippen molar-refractivity contribution in [3.63, 3.8) is 0 Å². The zero-order valence-electron chi connectivity index (χ0n) is 20.3. The molecule has 0 bridgehead atoms. The van der Waals surface area contributed by atoms with Gasteiger partial charge in [0.2, 0.25) is 6.79 Å². The molecular weight excluding hydrogens is 451 g/mol. The molecule has 1 atom stereocenters. The molecule has 0 radical (unpaired) electrons. The van der Waals surface area contributed by atoms with Gasteiger partial charge in [0.1, 0.15) is 5.82 Å². The first-order valence-corrected chi connectivity index (χ1v) is 12.1. The molecule has 2 aromatic carbocycles. The van der Waals surface area contributed by atoms with Gasteiger partial charge in [0, 0.05) is 45.0 Å². The number of carbonyl (C=O) groups excluding carboxylic acids is 2. The van der Waals surface area contributed by atoms with Crippen LogP contribution in [0.2, 0.25) is 0 Å². The van der Waals surface area contributed by atoms with Gasteiger partial charge < -0.3 is 25.0 Å². The third-order valence-corrected chi connectivity index (χ3v) is 6.40. The number of nitrogens with one attached hydrogen (secondary N) is 2. The van der Waals surface area contributed by atoms with Crippen LogP contribution in [0.1, 0.15) is 31.9 Å².